The summed E-state index contributed by atoms with van der Waals surface area (Å²) in [5.74, 6) is 0.230. The number of hydrogen-bond donors (Lipinski definition) is 1. The summed E-state index contributed by atoms with van der Waals surface area (Å²) in [5.41, 5.74) is 2.93. The molecule has 0 spiro atoms. The number of halogens is 1. The second kappa shape index (κ2) is 8.87. The van der Waals surface area contributed by atoms with Gasteiger partial charge in [0, 0.05) is 13.6 Å². The highest BCUT2D eigenvalue weighted by Gasteiger charge is 2.18. The van der Waals surface area contributed by atoms with Crippen LogP contribution in [0.25, 0.3) is 11.3 Å². The van der Waals surface area contributed by atoms with Crippen molar-refractivity contribution in [1.29, 1.82) is 0 Å². The minimum absolute atomic E-state index is 0.00476. The summed E-state index contributed by atoms with van der Waals surface area (Å²) >= 11 is 0. The van der Waals surface area contributed by atoms with Crippen LogP contribution >= 0.6 is 0 Å². The van der Waals surface area contributed by atoms with Crippen LogP contribution in [-0.4, -0.2) is 48.3 Å². The summed E-state index contributed by atoms with van der Waals surface area (Å²) in [6.07, 6.45) is 0. The normalized spacial score (nSPS) is 12.1. The maximum absolute atomic E-state index is 13.2. The van der Waals surface area contributed by atoms with Gasteiger partial charge in [-0.1, -0.05) is 12.1 Å². The van der Waals surface area contributed by atoms with Crippen molar-refractivity contribution < 1.29 is 13.9 Å². The van der Waals surface area contributed by atoms with Gasteiger partial charge < -0.3 is 15.0 Å². The number of aromatic nitrogens is 2. The van der Waals surface area contributed by atoms with Crippen LogP contribution in [0.15, 0.2) is 54.6 Å². The van der Waals surface area contributed by atoms with E-state index in [0.717, 1.165) is 22.6 Å². The van der Waals surface area contributed by atoms with Crippen molar-refractivity contribution in [2.24, 2.45) is 7.05 Å². The number of benzene rings is 2. The quantitative estimate of drug-likeness (QED) is 0.666. The molecular formula is C22H25FN4O2. The van der Waals surface area contributed by atoms with E-state index in [9.17, 15) is 9.18 Å². The molecule has 1 atom stereocenters. The molecule has 152 valence electrons. The molecule has 3 rings (SSSR count). The lowest BCUT2D eigenvalue weighted by Gasteiger charge is -2.25. The fraction of sp³-hybridized carbons (Fsp3) is 0.273. The van der Waals surface area contributed by atoms with Gasteiger partial charge in [0.25, 0.3) is 5.91 Å². The molecule has 0 saturated heterocycles. The second-order valence-electron chi connectivity index (χ2n) is 7.01. The summed E-state index contributed by atoms with van der Waals surface area (Å²) in [6, 6.07) is 15.6. The first kappa shape index (κ1) is 20.5. The Bertz CT molecular complexity index is 965. The molecular weight excluding hydrogens is 371 g/mol. The Morgan fingerprint density at radius 2 is 1.83 bits per heavy atom. The third-order valence-corrected chi connectivity index (χ3v) is 4.83. The van der Waals surface area contributed by atoms with Gasteiger partial charge in [0.1, 0.15) is 11.6 Å². The topological polar surface area (TPSA) is 59.4 Å². The zero-order valence-electron chi connectivity index (χ0n) is 17.0. The number of ether oxygens (including phenoxy) is 1. The molecule has 0 aliphatic carbocycles. The number of rotatable bonds is 7. The molecule has 29 heavy (non-hydrogen) atoms. The molecule has 7 heteroatoms. The van der Waals surface area contributed by atoms with Gasteiger partial charge in [-0.2, -0.15) is 5.10 Å². The van der Waals surface area contributed by atoms with E-state index < -0.39 is 0 Å². The lowest BCUT2D eigenvalue weighted by atomic mass is 10.1. The van der Waals surface area contributed by atoms with Gasteiger partial charge >= 0.3 is 0 Å². The van der Waals surface area contributed by atoms with Gasteiger partial charge in [-0.3, -0.25) is 9.48 Å². The fourth-order valence-electron chi connectivity index (χ4n) is 3.17. The number of amides is 1. The standard InChI is InChI=1S/C22H25FN4O2/c1-26(2)21(16-7-11-18(29-4)12-8-16)14-24-22(28)19-13-20(27(3)25-19)15-5-9-17(23)10-6-15/h5-13,21H,14H2,1-4H3,(H,24,28). The van der Waals surface area contributed by atoms with Crippen LogP contribution in [0.5, 0.6) is 5.75 Å². The van der Waals surface area contributed by atoms with E-state index in [2.05, 4.69) is 10.4 Å². The average Bonchev–Trinajstić information content (AvgIpc) is 3.10. The molecule has 0 aliphatic rings. The second-order valence-corrected chi connectivity index (χ2v) is 7.01. The maximum Gasteiger partial charge on any atom is 0.271 e. The van der Waals surface area contributed by atoms with Crippen LogP contribution in [0.3, 0.4) is 0 Å². The highest BCUT2D eigenvalue weighted by Crippen LogP contribution is 2.22. The van der Waals surface area contributed by atoms with Gasteiger partial charge in [-0.05, 0) is 67.7 Å². The molecule has 1 amide bonds. The van der Waals surface area contributed by atoms with Crippen LogP contribution < -0.4 is 10.1 Å². The van der Waals surface area contributed by atoms with Gasteiger partial charge in [0.15, 0.2) is 5.69 Å². The van der Waals surface area contributed by atoms with Crippen molar-refractivity contribution in [3.63, 3.8) is 0 Å². The number of carbonyl (C=O) groups excluding carboxylic acids is 1. The average molecular weight is 396 g/mol. The van der Waals surface area contributed by atoms with Crippen molar-refractivity contribution in [2.75, 3.05) is 27.7 Å². The van der Waals surface area contributed by atoms with Gasteiger partial charge in [-0.15, -0.1) is 0 Å². The number of likely N-dealkylation sites (N-methyl/N-ethyl adjacent to an activating group) is 1. The molecule has 6 nitrogen and oxygen atoms in total. The number of methoxy groups -OCH3 is 1. The molecule has 0 bridgehead atoms. The van der Waals surface area contributed by atoms with E-state index >= 15 is 0 Å². The zero-order chi connectivity index (χ0) is 21.0. The Hall–Kier alpha value is -3.19. The lowest BCUT2D eigenvalue weighted by Crippen LogP contribution is -2.34. The Kier molecular flexibility index (Phi) is 6.29. The molecule has 1 heterocycles. The first-order valence-electron chi connectivity index (χ1n) is 9.27. The first-order valence-corrected chi connectivity index (χ1v) is 9.27. The molecule has 0 radical (unpaired) electrons. The number of aryl methyl sites for hydroxylation is 1. The van der Waals surface area contributed by atoms with E-state index in [0.29, 0.717) is 12.2 Å². The third-order valence-electron chi connectivity index (χ3n) is 4.83. The number of nitrogens with zero attached hydrogens (tertiary/aromatic N) is 3. The number of hydrogen-bond acceptors (Lipinski definition) is 4. The highest BCUT2D eigenvalue weighted by atomic mass is 19.1. The molecule has 0 aliphatic heterocycles. The Morgan fingerprint density at radius 1 is 1.17 bits per heavy atom. The molecule has 0 saturated carbocycles. The number of carbonyl (C=O) groups is 1. The van der Waals surface area contributed by atoms with Crippen LogP contribution in [0.4, 0.5) is 4.39 Å². The van der Waals surface area contributed by atoms with Crippen molar-refractivity contribution >= 4 is 5.91 Å². The zero-order valence-corrected chi connectivity index (χ0v) is 17.0. The monoisotopic (exact) mass is 396 g/mol. The van der Waals surface area contributed by atoms with Gasteiger partial charge in [0.2, 0.25) is 0 Å². The van der Waals surface area contributed by atoms with Crippen LogP contribution in [0, 0.1) is 5.82 Å². The Labute approximate surface area is 169 Å². The summed E-state index contributed by atoms with van der Waals surface area (Å²) < 4.78 is 20.0. The molecule has 2 aromatic carbocycles. The number of nitrogens with one attached hydrogen (secondary N) is 1. The minimum atomic E-state index is -0.304. The Balaban J connectivity index is 1.72. The van der Waals surface area contributed by atoms with Crippen LogP contribution in [0.1, 0.15) is 22.1 Å². The first-order chi connectivity index (χ1) is 13.9. The van der Waals surface area contributed by atoms with Crippen molar-refractivity contribution in [1.82, 2.24) is 20.0 Å². The van der Waals surface area contributed by atoms with Gasteiger partial charge in [0.05, 0.1) is 18.8 Å². The van der Waals surface area contributed by atoms with E-state index in [1.807, 2.05) is 43.3 Å². The van der Waals surface area contributed by atoms with Crippen molar-refractivity contribution in [3.8, 4) is 17.0 Å². The summed E-state index contributed by atoms with van der Waals surface area (Å²) in [7, 11) is 7.32. The van der Waals surface area contributed by atoms with Crippen LogP contribution in [-0.2, 0) is 7.05 Å². The van der Waals surface area contributed by atoms with E-state index in [1.165, 1.54) is 12.1 Å². The Morgan fingerprint density at radius 3 is 2.41 bits per heavy atom. The van der Waals surface area contributed by atoms with E-state index in [1.54, 1.807) is 37.0 Å². The SMILES string of the molecule is COc1ccc(C(CNC(=O)c2cc(-c3ccc(F)cc3)n(C)n2)N(C)C)cc1. The third kappa shape index (κ3) is 4.81. The van der Waals surface area contributed by atoms with Crippen LogP contribution in [0.2, 0.25) is 0 Å². The maximum atomic E-state index is 13.2. The minimum Gasteiger partial charge on any atom is -0.497 e. The smallest absolute Gasteiger partial charge is 0.271 e. The summed E-state index contributed by atoms with van der Waals surface area (Å²) in [4.78, 5) is 14.7. The van der Waals surface area contributed by atoms with E-state index in [4.69, 9.17) is 4.74 Å². The fourth-order valence-corrected chi connectivity index (χ4v) is 3.17. The van der Waals surface area contributed by atoms with Crippen molar-refractivity contribution in [3.05, 3.63) is 71.7 Å². The lowest BCUT2D eigenvalue weighted by molar-refractivity contribution is 0.0936. The predicted molar refractivity (Wildman–Crippen MR) is 110 cm³/mol. The molecule has 3 aromatic rings. The van der Waals surface area contributed by atoms with E-state index in [-0.39, 0.29) is 17.8 Å². The largest absolute Gasteiger partial charge is 0.497 e. The predicted octanol–water partition coefficient (Wildman–Crippen LogP) is 3.27. The molecule has 1 N–H and O–H groups in total. The van der Waals surface area contributed by atoms with Gasteiger partial charge in [-0.25, -0.2) is 4.39 Å². The molecule has 0 fully saturated rings. The highest BCUT2D eigenvalue weighted by molar-refractivity contribution is 5.93. The van der Waals surface area contributed by atoms with Crippen molar-refractivity contribution in [2.45, 2.75) is 6.04 Å². The summed E-state index contributed by atoms with van der Waals surface area (Å²) in [6.45, 7) is 0.431. The summed E-state index contributed by atoms with van der Waals surface area (Å²) in [5, 5.41) is 7.27. The molecule has 1 unspecified atom stereocenters. The molecule has 1 aromatic heterocycles.